The average Bonchev–Trinajstić information content (AvgIpc) is 3.27. The summed E-state index contributed by atoms with van der Waals surface area (Å²) in [5.41, 5.74) is -3.55. The van der Waals surface area contributed by atoms with Gasteiger partial charge in [0.05, 0.1) is 17.7 Å². The van der Waals surface area contributed by atoms with Crippen LogP contribution in [0.1, 0.15) is 51.9 Å². The number of alkyl halides is 6. The van der Waals surface area contributed by atoms with Crippen molar-refractivity contribution in [1.29, 1.82) is 0 Å². The van der Waals surface area contributed by atoms with Crippen molar-refractivity contribution in [1.82, 2.24) is 9.80 Å². The van der Waals surface area contributed by atoms with Crippen LogP contribution in [0.5, 0.6) is 0 Å². The van der Waals surface area contributed by atoms with E-state index in [9.17, 15) is 40.3 Å². The largest absolute Gasteiger partial charge is 0.464 e. The lowest BCUT2D eigenvalue weighted by Crippen LogP contribution is -2.43. The maximum Gasteiger partial charge on any atom is 0.416 e. The minimum Gasteiger partial charge on any atom is -0.464 e. The standard InChI is InChI=1S/C27H25F7N2O3/c1-3-10-35(25(38)19-11-20(26(29,30)31)13-21(12-19)27(32,33)34)16-24(37)36(15-23-9-4-17(2)39-23)14-18-5-7-22(28)8-6-18/h4-9,11-13H,3,10,14-16H2,1-2H3. The van der Waals surface area contributed by atoms with Crippen molar-refractivity contribution in [3.05, 3.63) is 94.2 Å². The van der Waals surface area contributed by atoms with Gasteiger partial charge < -0.3 is 14.2 Å². The third-order valence-corrected chi connectivity index (χ3v) is 5.72. The second-order valence-corrected chi connectivity index (χ2v) is 8.91. The topological polar surface area (TPSA) is 53.8 Å². The molecule has 1 heterocycles. The molecule has 3 rings (SSSR count). The summed E-state index contributed by atoms with van der Waals surface area (Å²) in [5, 5.41) is 0. The van der Waals surface area contributed by atoms with Gasteiger partial charge in [0.1, 0.15) is 23.9 Å². The number of halogens is 7. The molecule has 2 aromatic carbocycles. The van der Waals surface area contributed by atoms with Gasteiger partial charge in [0.15, 0.2) is 0 Å². The lowest BCUT2D eigenvalue weighted by molar-refractivity contribution is -0.143. The highest BCUT2D eigenvalue weighted by atomic mass is 19.4. The van der Waals surface area contributed by atoms with Gasteiger partial charge in [-0.05, 0) is 61.4 Å². The van der Waals surface area contributed by atoms with Gasteiger partial charge in [-0.15, -0.1) is 0 Å². The smallest absolute Gasteiger partial charge is 0.416 e. The summed E-state index contributed by atoms with van der Waals surface area (Å²) in [5.74, 6) is -1.30. The molecule has 0 aliphatic rings. The predicted octanol–water partition coefficient (Wildman–Crippen LogP) is 6.85. The Balaban J connectivity index is 1.92. The Morgan fingerprint density at radius 3 is 1.90 bits per heavy atom. The Morgan fingerprint density at radius 1 is 0.821 bits per heavy atom. The van der Waals surface area contributed by atoms with Gasteiger partial charge in [0.25, 0.3) is 5.91 Å². The van der Waals surface area contributed by atoms with Crippen molar-refractivity contribution >= 4 is 11.8 Å². The van der Waals surface area contributed by atoms with Gasteiger partial charge >= 0.3 is 12.4 Å². The van der Waals surface area contributed by atoms with E-state index >= 15 is 0 Å². The number of amides is 2. The van der Waals surface area contributed by atoms with Crippen molar-refractivity contribution in [2.24, 2.45) is 0 Å². The number of furan rings is 1. The average molecular weight is 558 g/mol. The molecule has 0 bridgehead atoms. The van der Waals surface area contributed by atoms with Gasteiger partial charge in [-0.1, -0.05) is 19.1 Å². The zero-order valence-electron chi connectivity index (χ0n) is 21.0. The molecule has 0 N–H and O–H groups in total. The van der Waals surface area contributed by atoms with Gasteiger partial charge in [0.2, 0.25) is 5.91 Å². The highest BCUT2D eigenvalue weighted by Crippen LogP contribution is 2.36. The second kappa shape index (κ2) is 11.9. The molecule has 0 radical (unpaired) electrons. The molecule has 0 atom stereocenters. The van der Waals surface area contributed by atoms with Crippen LogP contribution in [0.2, 0.25) is 0 Å². The van der Waals surface area contributed by atoms with Crippen molar-refractivity contribution < 1.29 is 44.7 Å². The van der Waals surface area contributed by atoms with Crippen LogP contribution in [0.4, 0.5) is 30.7 Å². The van der Waals surface area contributed by atoms with Crippen LogP contribution in [0.3, 0.4) is 0 Å². The van der Waals surface area contributed by atoms with E-state index in [1.807, 2.05) is 0 Å². The Bertz CT molecular complexity index is 1270. The summed E-state index contributed by atoms with van der Waals surface area (Å²) in [4.78, 5) is 28.7. The minimum atomic E-state index is -5.13. The number of rotatable bonds is 9. The molecule has 210 valence electrons. The van der Waals surface area contributed by atoms with E-state index in [0.717, 1.165) is 4.90 Å². The van der Waals surface area contributed by atoms with Gasteiger partial charge in [-0.3, -0.25) is 9.59 Å². The SMILES string of the molecule is CCCN(CC(=O)N(Cc1ccc(F)cc1)Cc1ccc(C)o1)C(=O)c1cc(C(F)(F)F)cc(C(F)(F)F)c1. The first-order chi connectivity index (χ1) is 18.2. The molecular formula is C27H25F7N2O3. The molecule has 39 heavy (non-hydrogen) atoms. The predicted molar refractivity (Wildman–Crippen MR) is 127 cm³/mol. The molecule has 0 saturated carbocycles. The van der Waals surface area contributed by atoms with Gasteiger partial charge in [-0.25, -0.2) is 4.39 Å². The van der Waals surface area contributed by atoms with Crippen LogP contribution in [-0.4, -0.2) is 34.7 Å². The van der Waals surface area contributed by atoms with E-state index < -0.39 is 53.2 Å². The van der Waals surface area contributed by atoms with E-state index in [1.54, 1.807) is 26.0 Å². The zero-order chi connectivity index (χ0) is 29.0. The lowest BCUT2D eigenvalue weighted by atomic mass is 10.0. The monoisotopic (exact) mass is 558 g/mol. The Morgan fingerprint density at radius 2 is 1.41 bits per heavy atom. The fraction of sp³-hybridized carbons (Fsp3) is 0.333. The van der Waals surface area contributed by atoms with Crippen molar-refractivity contribution in [2.75, 3.05) is 13.1 Å². The fourth-order valence-corrected chi connectivity index (χ4v) is 3.85. The number of nitrogens with zero attached hydrogens (tertiary/aromatic N) is 2. The number of hydrogen-bond acceptors (Lipinski definition) is 3. The maximum atomic E-state index is 13.4. The van der Waals surface area contributed by atoms with Crippen LogP contribution < -0.4 is 0 Å². The van der Waals surface area contributed by atoms with Crippen LogP contribution in [0, 0.1) is 12.7 Å². The summed E-state index contributed by atoms with van der Waals surface area (Å²) in [7, 11) is 0. The molecule has 12 heteroatoms. The third-order valence-electron chi connectivity index (χ3n) is 5.72. The number of carbonyl (C=O) groups excluding carboxylic acids is 2. The molecule has 3 aromatic rings. The first-order valence-electron chi connectivity index (χ1n) is 11.8. The molecule has 0 saturated heterocycles. The number of aryl methyl sites for hydroxylation is 1. The Labute approximate surface area is 219 Å². The van der Waals surface area contributed by atoms with Crippen molar-refractivity contribution in [3.63, 3.8) is 0 Å². The van der Waals surface area contributed by atoms with E-state index in [2.05, 4.69) is 0 Å². The second-order valence-electron chi connectivity index (χ2n) is 8.91. The van der Waals surface area contributed by atoms with Crippen LogP contribution in [0.25, 0.3) is 0 Å². The van der Waals surface area contributed by atoms with Crippen LogP contribution >= 0.6 is 0 Å². The molecule has 0 spiro atoms. The number of hydrogen-bond donors (Lipinski definition) is 0. The first kappa shape index (κ1) is 29.7. The molecule has 0 fully saturated rings. The molecular weight excluding hydrogens is 533 g/mol. The number of carbonyl (C=O) groups is 2. The zero-order valence-corrected chi connectivity index (χ0v) is 21.0. The minimum absolute atomic E-state index is 0.0191. The molecule has 2 amide bonds. The molecule has 0 aliphatic heterocycles. The molecule has 0 unspecified atom stereocenters. The normalized spacial score (nSPS) is 11.9. The number of benzene rings is 2. The third kappa shape index (κ3) is 8.08. The molecule has 1 aromatic heterocycles. The Kier molecular flexibility index (Phi) is 9.08. The van der Waals surface area contributed by atoms with E-state index in [-0.39, 0.29) is 32.1 Å². The van der Waals surface area contributed by atoms with Crippen LogP contribution in [0.15, 0.2) is 59.0 Å². The van der Waals surface area contributed by atoms with E-state index in [1.165, 1.54) is 29.2 Å². The summed E-state index contributed by atoms with van der Waals surface area (Å²) >= 11 is 0. The summed E-state index contributed by atoms with van der Waals surface area (Å²) in [6, 6.07) is 9.24. The fourth-order valence-electron chi connectivity index (χ4n) is 3.85. The quantitative estimate of drug-likeness (QED) is 0.270. The lowest BCUT2D eigenvalue weighted by Gasteiger charge is -2.27. The summed E-state index contributed by atoms with van der Waals surface area (Å²) in [6.07, 6.45) is -9.98. The molecule has 0 aliphatic carbocycles. The van der Waals surface area contributed by atoms with Crippen molar-refractivity contribution in [3.8, 4) is 0 Å². The van der Waals surface area contributed by atoms with E-state index in [0.29, 0.717) is 29.2 Å². The summed E-state index contributed by atoms with van der Waals surface area (Å²) < 4.78 is 98.8. The Hall–Kier alpha value is -3.83. The van der Waals surface area contributed by atoms with E-state index in [4.69, 9.17) is 4.42 Å². The highest BCUT2D eigenvalue weighted by Gasteiger charge is 2.38. The summed E-state index contributed by atoms with van der Waals surface area (Å²) in [6.45, 7) is 2.55. The highest BCUT2D eigenvalue weighted by molar-refractivity contribution is 5.97. The maximum absolute atomic E-state index is 13.4. The van der Waals surface area contributed by atoms with Crippen molar-refractivity contribution in [2.45, 2.75) is 45.7 Å². The van der Waals surface area contributed by atoms with Crippen LogP contribution in [-0.2, 0) is 30.2 Å². The van der Waals surface area contributed by atoms with Gasteiger partial charge in [-0.2, -0.15) is 26.3 Å². The first-order valence-corrected chi connectivity index (χ1v) is 11.8. The molecule has 5 nitrogen and oxygen atoms in total. The van der Waals surface area contributed by atoms with Gasteiger partial charge in [0, 0.05) is 18.7 Å².